The van der Waals surface area contributed by atoms with Crippen molar-refractivity contribution in [1.82, 2.24) is 4.90 Å². The van der Waals surface area contributed by atoms with Gasteiger partial charge in [0.05, 0.1) is 24.5 Å². The number of aryl methyl sites for hydroxylation is 1. The van der Waals surface area contributed by atoms with Crippen molar-refractivity contribution in [2.45, 2.75) is 20.4 Å². The third-order valence-electron chi connectivity index (χ3n) is 4.20. The van der Waals surface area contributed by atoms with Crippen LogP contribution in [0.15, 0.2) is 42.5 Å². The Labute approximate surface area is 147 Å². The highest BCUT2D eigenvalue weighted by atomic mass is 16.5. The van der Waals surface area contributed by atoms with Crippen LogP contribution >= 0.6 is 0 Å². The van der Waals surface area contributed by atoms with Crippen LogP contribution in [0.3, 0.4) is 0 Å². The Morgan fingerprint density at radius 3 is 2.48 bits per heavy atom. The number of amides is 1. The second kappa shape index (κ2) is 7.07. The van der Waals surface area contributed by atoms with E-state index in [4.69, 9.17) is 4.74 Å². The van der Waals surface area contributed by atoms with Gasteiger partial charge >= 0.3 is 5.91 Å². The van der Waals surface area contributed by atoms with Gasteiger partial charge in [0.1, 0.15) is 5.75 Å². The fourth-order valence-electron chi connectivity index (χ4n) is 3.02. The number of fused-ring (bicyclic) bond motifs is 1. The van der Waals surface area contributed by atoms with Crippen molar-refractivity contribution in [3.63, 3.8) is 0 Å². The normalized spacial score (nSPS) is 13.5. The molecule has 0 saturated carbocycles. The van der Waals surface area contributed by atoms with Gasteiger partial charge in [-0.2, -0.15) is 0 Å². The molecule has 2 aromatic rings. The van der Waals surface area contributed by atoms with E-state index in [0.717, 1.165) is 16.9 Å². The molecule has 130 valence electrons. The van der Waals surface area contributed by atoms with Gasteiger partial charge in [0.25, 0.3) is 5.78 Å². The average Bonchev–Trinajstić information content (AvgIpc) is 2.81. The number of benzene rings is 2. The monoisotopic (exact) mass is 338 g/mol. The van der Waals surface area contributed by atoms with Gasteiger partial charge in [0.2, 0.25) is 0 Å². The van der Waals surface area contributed by atoms with Crippen LogP contribution in [0.25, 0.3) is 0 Å². The molecule has 0 saturated heterocycles. The van der Waals surface area contributed by atoms with E-state index >= 15 is 0 Å². The largest absolute Gasteiger partial charge is 0.494 e. The number of hydrogen-bond acceptors (Lipinski definition) is 4. The molecular weight excluding hydrogens is 316 g/mol. The number of anilines is 1. The fourth-order valence-corrected chi connectivity index (χ4v) is 3.02. The molecule has 25 heavy (non-hydrogen) atoms. The van der Waals surface area contributed by atoms with E-state index in [0.29, 0.717) is 31.1 Å². The summed E-state index contributed by atoms with van der Waals surface area (Å²) in [7, 11) is 1.93. The Morgan fingerprint density at radius 2 is 1.80 bits per heavy atom. The van der Waals surface area contributed by atoms with E-state index in [9.17, 15) is 9.59 Å². The van der Waals surface area contributed by atoms with E-state index < -0.39 is 11.7 Å². The van der Waals surface area contributed by atoms with Crippen LogP contribution in [-0.4, -0.2) is 36.9 Å². The molecule has 0 aliphatic carbocycles. The second-order valence-corrected chi connectivity index (χ2v) is 6.32. The first-order chi connectivity index (χ1) is 12.0. The average molecular weight is 338 g/mol. The van der Waals surface area contributed by atoms with Crippen LogP contribution in [-0.2, 0) is 11.3 Å². The first kappa shape index (κ1) is 17.2. The lowest BCUT2D eigenvalue weighted by Gasteiger charge is -2.24. The van der Waals surface area contributed by atoms with Gasteiger partial charge in [-0.3, -0.25) is 19.4 Å². The molecule has 1 heterocycles. The van der Waals surface area contributed by atoms with Crippen molar-refractivity contribution in [2.24, 2.45) is 0 Å². The number of hydrogen-bond donors (Lipinski definition) is 0. The zero-order chi connectivity index (χ0) is 18.0. The molecule has 1 amide bonds. The Kier molecular flexibility index (Phi) is 4.86. The molecule has 0 radical (unpaired) electrons. The third-order valence-corrected chi connectivity index (χ3v) is 4.20. The molecule has 5 heteroatoms. The summed E-state index contributed by atoms with van der Waals surface area (Å²) < 4.78 is 5.44. The summed E-state index contributed by atoms with van der Waals surface area (Å²) in [6.07, 6.45) is 0. The second-order valence-electron chi connectivity index (χ2n) is 6.32. The highest BCUT2D eigenvalue weighted by Crippen LogP contribution is 2.29. The number of ether oxygens (including phenoxy) is 1. The third kappa shape index (κ3) is 3.56. The quantitative estimate of drug-likeness (QED) is 0.760. The SMILES string of the molecule is CCOc1ccc(CN(C)CN2C(=O)C(=O)c3cc(C)ccc32)cc1. The van der Waals surface area contributed by atoms with Gasteiger partial charge in [-0.1, -0.05) is 23.8 Å². The van der Waals surface area contributed by atoms with Crippen LogP contribution in [0.4, 0.5) is 5.69 Å². The molecule has 5 nitrogen and oxygen atoms in total. The van der Waals surface area contributed by atoms with Crippen molar-refractivity contribution in [1.29, 1.82) is 0 Å². The predicted molar refractivity (Wildman–Crippen MR) is 96.9 cm³/mol. The summed E-state index contributed by atoms with van der Waals surface area (Å²) in [6, 6.07) is 13.4. The van der Waals surface area contributed by atoms with Crippen LogP contribution < -0.4 is 9.64 Å². The molecule has 0 N–H and O–H groups in total. The molecule has 1 aliphatic heterocycles. The van der Waals surface area contributed by atoms with Gasteiger partial charge in [-0.05, 0) is 50.7 Å². The number of carbonyl (C=O) groups is 2. The molecule has 0 bridgehead atoms. The number of Topliss-reactive ketones (excluding diaryl/α,β-unsaturated/α-hetero) is 1. The Bertz CT molecular complexity index is 799. The maximum Gasteiger partial charge on any atom is 0.300 e. The minimum atomic E-state index is -0.459. The molecule has 3 rings (SSSR count). The topological polar surface area (TPSA) is 49.9 Å². The van der Waals surface area contributed by atoms with E-state index in [2.05, 4.69) is 0 Å². The van der Waals surface area contributed by atoms with E-state index in [1.54, 1.807) is 11.0 Å². The van der Waals surface area contributed by atoms with Gasteiger partial charge in [0.15, 0.2) is 0 Å². The van der Waals surface area contributed by atoms with E-state index in [1.165, 1.54) is 0 Å². The molecule has 0 fully saturated rings. The number of nitrogens with zero attached hydrogens (tertiary/aromatic N) is 2. The number of carbonyl (C=O) groups excluding carboxylic acids is 2. The molecule has 0 atom stereocenters. The maximum atomic E-state index is 12.3. The van der Waals surface area contributed by atoms with Gasteiger partial charge in [-0.25, -0.2) is 0 Å². The van der Waals surface area contributed by atoms with Gasteiger partial charge in [-0.15, -0.1) is 0 Å². The highest BCUT2D eigenvalue weighted by molar-refractivity contribution is 6.52. The van der Waals surface area contributed by atoms with Crippen molar-refractivity contribution in [3.8, 4) is 5.75 Å². The van der Waals surface area contributed by atoms with Crippen molar-refractivity contribution < 1.29 is 14.3 Å². The Balaban J connectivity index is 1.70. The van der Waals surface area contributed by atoms with Crippen molar-refractivity contribution in [3.05, 3.63) is 59.2 Å². The summed E-state index contributed by atoms with van der Waals surface area (Å²) in [5.41, 5.74) is 3.29. The summed E-state index contributed by atoms with van der Waals surface area (Å²) in [4.78, 5) is 28.0. The molecule has 0 spiro atoms. The van der Waals surface area contributed by atoms with Gasteiger partial charge < -0.3 is 4.74 Å². The highest BCUT2D eigenvalue weighted by Gasteiger charge is 2.36. The Hall–Kier alpha value is -2.66. The van der Waals surface area contributed by atoms with E-state index in [-0.39, 0.29) is 0 Å². The summed E-state index contributed by atoms with van der Waals surface area (Å²) in [5, 5.41) is 0. The van der Waals surface area contributed by atoms with Crippen LogP contribution in [0, 0.1) is 6.92 Å². The zero-order valence-corrected chi connectivity index (χ0v) is 14.8. The standard InChI is InChI=1S/C20H22N2O3/c1-4-25-16-8-6-15(7-9-16)12-21(3)13-22-18-10-5-14(2)11-17(18)19(23)20(22)24/h5-11H,4,12-13H2,1-3H3. The summed E-state index contributed by atoms with van der Waals surface area (Å²) >= 11 is 0. The zero-order valence-electron chi connectivity index (χ0n) is 14.8. The number of rotatable bonds is 6. The lowest BCUT2D eigenvalue weighted by atomic mass is 10.1. The molecule has 0 aromatic heterocycles. The molecular formula is C20H22N2O3. The number of ketones is 1. The first-order valence-corrected chi connectivity index (χ1v) is 8.36. The smallest absolute Gasteiger partial charge is 0.300 e. The van der Waals surface area contributed by atoms with Crippen LogP contribution in [0.1, 0.15) is 28.4 Å². The summed E-state index contributed by atoms with van der Waals surface area (Å²) in [6.45, 7) is 5.55. The maximum absolute atomic E-state index is 12.3. The van der Waals surface area contributed by atoms with Crippen molar-refractivity contribution >= 4 is 17.4 Å². The lowest BCUT2D eigenvalue weighted by Crippen LogP contribution is -2.38. The minimum absolute atomic E-state index is 0.369. The predicted octanol–water partition coefficient (Wildman–Crippen LogP) is 3.01. The molecule has 0 unspecified atom stereocenters. The first-order valence-electron chi connectivity index (χ1n) is 8.36. The lowest BCUT2D eigenvalue weighted by molar-refractivity contribution is -0.114. The summed E-state index contributed by atoms with van der Waals surface area (Å²) in [5.74, 6) is -0.0363. The molecule has 2 aromatic carbocycles. The molecule has 1 aliphatic rings. The van der Waals surface area contributed by atoms with E-state index in [1.807, 2.05) is 62.2 Å². The minimum Gasteiger partial charge on any atom is -0.494 e. The van der Waals surface area contributed by atoms with Crippen LogP contribution in [0.5, 0.6) is 5.75 Å². The van der Waals surface area contributed by atoms with Gasteiger partial charge in [0, 0.05) is 6.54 Å². The van der Waals surface area contributed by atoms with Crippen LogP contribution in [0.2, 0.25) is 0 Å². The fraction of sp³-hybridized carbons (Fsp3) is 0.300. The Morgan fingerprint density at radius 1 is 1.08 bits per heavy atom. The van der Waals surface area contributed by atoms with Crippen molar-refractivity contribution in [2.75, 3.05) is 25.2 Å².